The predicted octanol–water partition coefficient (Wildman–Crippen LogP) is 1.81. The molecule has 0 amide bonds. The number of carbonyl (C=O) groups is 1. The van der Waals surface area contributed by atoms with Crippen molar-refractivity contribution in [1.82, 2.24) is 9.97 Å². The Morgan fingerprint density at radius 1 is 1.61 bits per heavy atom. The molecule has 0 bridgehead atoms. The highest BCUT2D eigenvalue weighted by molar-refractivity contribution is 5.92. The SMILES string of the molecule is CC(Cc1ccco1)Nc1ncncc1C(=O)O. The molecule has 2 aromatic rings. The van der Waals surface area contributed by atoms with E-state index in [1.54, 1.807) is 6.26 Å². The van der Waals surface area contributed by atoms with Gasteiger partial charge in [0.25, 0.3) is 0 Å². The fraction of sp³-hybridized carbons (Fsp3) is 0.250. The van der Waals surface area contributed by atoms with E-state index in [9.17, 15) is 4.79 Å². The van der Waals surface area contributed by atoms with Gasteiger partial charge in [-0.1, -0.05) is 0 Å². The molecule has 2 heterocycles. The van der Waals surface area contributed by atoms with Crippen molar-refractivity contribution in [2.75, 3.05) is 5.32 Å². The number of hydrogen-bond donors (Lipinski definition) is 2. The Hall–Kier alpha value is -2.37. The molecular formula is C12H13N3O3. The van der Waals surface area contributed by atoms with E-state index in [0.29, 0.717) is 12.2 Å². The van der Waals surface area contributed by atoms with Crippen LogP contribution < -0.4 is 5.32 Å². The van der Waals surface area contributed by atoms with E-state index in [-0.39, 0.29) is 11.6 Å². The third kappa shape index (κ3) is 2.85. The minimum absolute atomic E-state index is 0.00384. The summed E-state index contributed by atoms with van der Waals surface area (Å²) in [6, 6.07) is 3.69. The molecule has 0 saturated carbocycles. The lowest BCUT2D eigenvalue weighted by molar-refractivity contribution is 0.0697. The molecule has 0 spiro atoms. The lowest BCUT2D eigenvalue weighted by atomic mass is 10.2. The Balaban J connectivity index is 2.07. The smallest absolute Gasteiger partial charge is 0.341 e. The van der Waals surface area contributed by atoms with Crippen molar-refractivity contribution in [2.45, 2.75) is 19.4 Å². The Morgan fingerprint density at radius 2 is 2.44 bits per heavy atom. The first-order chi connectivity index (χ1) is 8.66. The number of carboxylic acid groups (broad SMARTS) is 1. The van der Waals surface area contributed by atoms with Gasteiger partial charge in [0, 0.05) is 18.7 Å². The van der Waals surface area contributed by atoms with Crippen molar-refractivity contribution in [1.29, 1.82) is 0 Å². The van der Waals surface area contributed by atoms with Crippen LogP contribution in [0.3, 0.4) is 0 Å². The number of nitrogens with one attached hydrogen (secondary N) is 1. The first-order valence-electron chi connectivity index (χ1n) is 5.49. The van der Waals surface area contributed by atoms with Crippen LogP contribution in [-0.4, -0.2) is 27.1 Å². The van der Waals surface area contributed by atoms with Crippen molar-refractivity contribution in [3.05, 3.63) is 42.2 Å². The van der Waals surface area contributed by atoms with Crippen LogP contribution in [0.1, 0.15) is 23.0 Å². The largest absolute Gasteiger partial charge is 0.477 e. The average molecular weight is 247 g/mol. The maximum atomic E-state index is 11.0. The van der Waals surface area contributed by atoms with Crippen LogP contribution >= 0.6 is 0 Å². The lowest BCUT2D eigenvalue weighted by Crippen LogP contribution is -2.20. The number of rotatable bonds is 5. The summed E-state index contributed by atoms with van der Waals surface area (Å²) in [7, 11) is 0. The molecule has 94 valence electrons. The molecule has 6 heteroatoms. The minimum Gasteiger partial charge on any atom is -0.477 e. The summed E-state index contributed by atoms with van der Waals surface area (Å²) in [6.07, 6.45) is 4.84. The fourth-order valence-electron chi connectivity index (χ4n) is 1.62. The van der Waals surface area contributed by atoms with Gasteiger partial charge in [0.1, 0.15) is 23.5 Å². The highest BCUT2D eigenvalue weighted by Crippen LogP contribution is 2.13. The van der Waals surface area contributed by atoms with E-state index >= 15 is 0 Å². The van der Waals surface area contributed by atoms with Crippen molar-refractivity contribution in [3.63, 3.8) is 0 Å². The number of hydrogen-bond acceptors (Lipinski definition) is 5. The fourth-order valence-corrected chi connectivity index (χ4v) is 1.62. The summed E-state index contributed by atoms with van der Waals surface area (Å²) < 4.78 is 5.23. The summed E-state index contributed by atoms with van der Waals surface area (Å²) >= 11 is 0. The number of nitrogens with zero attached hydrogens (tertiary/aromatic N) is 2. The molecule has 6 nitrogen and oxygen atoms in total. The quantitative estimate of drug-likeness (QED) is 0.837. The molecule has 2 aromatic heterocycles. The second kappa shape index (κ2) is 5.31. The molecule has 1 atom stereocenters. The molecule has 0 fully saturated rings. The van der Waals surface area contributed by atoms with Gasteiger partial charge in [-0.25, -0.2) is 14.8 Å². The molecule has 18 heavy (non-hydrogen) atoms. The number of aromatic nitrogens is 2. The van der Waals surface area contributed by atoms with E-state index < -0.39 is 5.97 Å². The van der Waals surface area contributed by atoms with Gasteiger partial charge in [-0.05, 0) is 19.1 Å². The molecule has 2 N–H and O–H groups in total. The van der Waals surface area contributed by atoms with E-state index in [2.05, 4.69) is 15.3 Å². The van der Waals surface area contributed by atoms with Crippen LogP contribution in [0.2, 0.25) is 0 Å². The summed E-state index contributed by atoms with van der Waals surface area (Å²) in [5, 5.41) is 12.0. The van der Waals surface area contributed by atoms with Crippen LogP contribution in [0.5, 0.6) is 0 Å². The Bertz CT molecular complexity index is 525. The van der Waals surface area contributed by atoms with Crippen LogP contribution in [0.25, 0.3) is 0 Å². The van der Waals surface area contributed by atoms with Crippen molar-refractivity contribution < 1.29 is 14.3 Å². The van der Waals surface area contributed by atoms with Gasteiger partial charge in [0.15, 0.2) is 0 Å². The summed E-state index contributed by atoms with van der Waals surface area (Å²) in [6.45, 7) is 1.93. The van der Waals surface area contributed by atoms with E-state index in [4.69, 9.17) is 9.52 Å². The third-order valence-corrected chi connectivity index (χ3v) is 2.41. The minimum atomic E-state index is -1.05. The first kappa shape index (κ1) is 12.1. The van der Waals surface area contributed by atoms with Crippen LogP contribution in [-0.2, 0) is 6.42 Å². The van der Waals surface area contributed by atoms with Crippen molar-refractivity contribution in [2.24, 2.45) is 0 Å². The van der Waals surface area contributed by atoms with E-state index in [1.807, 2.05) is 19.1 Å². The van der Waals surface area contributed by atoms with Gasteiger partial charge in [-0.3, -0.25) is 0 Å². The zero-order valence-corrected chi connectivity index (χ0v) is 9.83. The monoisotopic (exact) mass is 247 g/mol. The van der Waals surface area contributed by atoms with Crippen LogP contribution in [0.15, 0.2) is 35.3 Å². The predicted molar refractivity (Wildman–Crippen MR) is 64.5 cm³/mol. The van der Waals surface area contributed by atoms with Gasteiger partial charge in [-0.15, -0.1) is 0 Å². The first-order valence-corrected chi connectivity index (χ1v) is 5.49. The van der Waals surface area contributed by atoms with E-state index in [0.717, 1.165) is 5.76 Å². The zero-order valence-electron chi connectivity index (χ0n) is 9.83. The maximum Gasteiger partial charge on any atom is 0.341 e. The molecule has 0 saturated heterocycles. The van der Waals surface area contributed by atoms with Gasteiger partial charge in [0.05, 0.1) is 6.26 Å². The molecule has 0 aliphatic rings. The molecule has 0 aliphatic heterocycles. The third-order valence-electron chi connectivity index (χ3n) is 2.41. The van der Waals surface area contributed by atoms with Crippen molar-refractivity contribution in [3.8, 4) is 0 Å². The Labute approximate surface area is 104 Å². The topological polar surface area (TPSA) is 88.3 Å². The average Bonchev–Trinajstić information content (AvgIpc) is 2.82. The van der Waals surface area contributed by atoms with Gasteiger partial charge >= 0.3 is 5.97 Å². The summed E-state index contributed by atoms with van der Waals surface area (Å²) in [5.74, 6) is 0.0979. The van der Waals surface area contributed by atoms with E-state index in [1.165, 1.54) is 12.5 Å². The highest BCUT2D eigenvalue weighted by Gasteiger charge is 2.14. The number of anilines is 1. The summed E-state index contributed by atoms with van der Waals surface area (Å²) in [4.78, 5) is 18.6. The molecule has 0 aromatic carbocycles. The van der Waals surface area contributed by atoms with Gasteiger partial charge in [0.2, 0.25) is 0 Å². The maximum absolute atomic E-state index is 11.0. The van der Waals surface area contributed by atoms with Gasteiger partial charge < -0.3 is 14.8 Å². The Kier molecular flexibility index (Phi) is 3.57. The normalized spacial score (nSPS) is 12.1. The molecule has 1 unspecified atom stereocenters. The standard InChI is InChI=1S/C12H13N3O3/c1-8(5-9-3-2-4-18-9)15-11-10(12(16)17)6-13-7-14-11/h2-4,6-8H,5H2,1H3,(H,16,17)(H,13,14,15). The lowest BCUT2D eigenvalue weighted by Gasteiger charge is -2.14. The molecular weight excluding hydrogens is 234 g/mol. The van der Waals surface area contributed by atoms with Crippen LogP contribution in [0.4, 0.5) is 5.82 Å². The highest BCUT2D eigenvalue weighted by atomic mass is 16.4. The summed E-state index contributed by atoms with van der Waals surface area (Å²) in [5.41, 5.74) is 0.0591. The number of furan rings is 1. The molecule has 0 radical (unpaired) electrons. The second-order valence-corrected chi connectivity index (χ2v) is 3.92. The zero-order chi connectivity index (χ0) is 13.0. The molecule has 0 aliphatic carbocycles. The molecule has 2 rings (SSSR count). The van der Waals surface area contributed by atoms with Crippen molar-refractivity contribution >= 4 is 11.8 Å². The Morgan fingerprint density at radius 3 is 3.11 bits per heavy atom. The second-order valence-electron chi connectivity index (χ2n) is 3.92. The number of carboxylic acids is 1. The number of aromatic carboxylic acids is 1. The van der Waals surface area contributed by atoms with Crippen LogP contribution in [0, 0.1) is 0 Å². The van der Waals surface area contributed by atoms with Gasteiger partial charge in [-0.2, -0.15) is 0 Å².